The summed E-state index contributed by atoms with van der Waals surface area (Å²) in [5.41, 5.74) is 0. The fourth-order valence-corrected chi connectivity index (χ4v) is 2.81. The van der Waals surface area contributed by atoms with Crippen molar-refractivity contribution in [2.45, 2.75) is 71.8 Å². The van der Waals surface area contributed by atoms with Gasteiger partial charge in [0.15, 0.2) is 0 Å². The Balaban J connectivity index is 3.86. The molecule has 112 valence electrons. The normalized spacial score (nSPS) is 12.5. The molecule has 0 fully saturated rings. The summed E-state index contributed by atoms with van der Waals surface area (Å²) in [6.45, 7) is 5.92. The zero-order valence-electron chi connectivity index (χ0n) is 12.5. The quantitative estimate of drug-likeness (QED) is 0.261. The van der Waals surface area contributed by atoms with Crippen molar-refractivity contribution in [2.75, 3.05) is 5.75 Å². The first-order chi connectivity index (χ1) is 9.01. The molecule has 2 nitrogen and oxygen atoms in total. The van der Waals surface area contributed by atoms with Crippen LogP contribution in [0.25, 0.3) is 0 Å². The first-order valence-corrected chi connectivity index (χ1v) is 8.38. The molecular formula is C15H28O2S2. The molecule has 4 heteroatoms. The lowest BCUT2D eigenvalue weighted by Gasteiger charge is -2.17. The number of thiocarbonyl (C=S) groups is 1. The van der Waals surface area contributed by atoms with E-state index in [1.54, 1.807) is 0 Å². The predicted octanol–water partition coefficient (Wildman–Crippen LogP) is 4.60. The van der Waals surface area contributed by atoms with Crippen molar-refractivity contribution in [1.82, 2.24) is 0 Å². The molecule has 0 aliphatic heterocycles. The molecule has 0 radical (unpaired) electrons. The second-order valence-corrected chi connectivity index (χ2v) is 6.18. The first-order valence-electron chi connectivity index (χ1n) is 7.34. The van der Waals surface area contributed by atoms with Gasteiger partial charge in [0, 0.05) is 6.42 Å². The van der Waals surface area contributed by atoms with Crippen LogP contribution < -0.4 is 0 Å². The molecule has 0 N–H and O–H groups in total. The van der Waals surface area contributed by atoms with Crippen molar-refractivity contribution in [3.8, 4) is 0 Å². The first kappa shape index (κ1) is 18.9. The SMILES string of the molecule is CCCC(=S)C(CCS)CCCCC(=O)OC(C)C. The Bertz CT molecular complexity index is 265. The Hall–Kier alpha value is -0.0900. The summed E-state index contributed by atoms with van der Waals surface area (Å²) in [6, 6.07) is 0. The van der Waals surface area contributed by atoms with Crippen LogP contribution >= 0.6 is 24.8 Å². The minimum absolute atomic E-state index is 0.0124. The highest BCUT2D eigenvalue weighted by Gasteiger charge is 2.13. The van der Waals surface area contributed by atoms with Crippen LogP contribution in [0.15, 0.2) is 0 Å². The maximum Gasteiger partial charge on any atom is 0.306 e. The summed E-state index contributed by atoms with van der Waals surface area (Å²) in [5, 5.41) is 0. The van der Waals surface area contributed by atoms with Gasteiger partial charge in [-0.25, -0.2) is 0 Å². The number of thiol groups is 1. The maximum atomic E-state index is 11.4. The maximum absolute atomic E-state index is 11.4. The third-order valence-electron chi connectivity index (χ3n) is 2.98. The smallest absolute Gasteiger partial charge is 0.306 e. The number of rotatable bonds is 11. The lowest BCUT2D eigenvalue weighted by Crippen LogP contribution is -2.14. The Labute approximate surface area is 129 Å². The van der Waals surface area contributed by atoms with E-state index in [1.807, 2.05) is 13.8 Å². The van der Waals surface area contributed by atoms with E-state index in [4.69, 9.17) is 17.0 Å². The Morgan fingerprint density at radius 3 is 2.42 bits per heavy atom. The van der Waals surface area contributed by atoms with E-state index >= 15 is 0 Å². The van der Waals surface area contributed by atoms with Crippen molar-refractivity contribution >= 4 is 35.7 Å². The monoisotopic (exact) mass is 304 g/mol. The van der Waals surface area contributed by atoms with Crippen molar-refractivity contribution in [3.63, 3.8) is 0 Å². The lowest BCUT2D eigenvalue weighted by atomic mass is 9.93. The summed E-state index contributed by atoms with van der Waals surface area (Å²) in [7, 11) is 0. The van der Waals surface area contributed by atoms with Gasteiger partial charge in [0.25, 0.3) is 0 Å². The number of hydrogen-bond acceptors (Lipinski definition) is 4. The second-order valence-electron chi connectivity index (χ2n) is 5.21. The van der Waals surface area contributed by atoms with Crippen molar-refractivity contribution in [2.24, 2.45) is 5.92 Å². The highest BCUT2D eigenvalue weighted by Crippen LogP contribution is 2.19. The van der Waals surface area contributed by atoms with Crippen LogP contribution in [0.4, 0.5) is 0 Å². The fourth-order valence-electron chi connectivity index (χ4n) is 2.05. The Morgan fingerprint density at radius 1 is 1.21 bits per heavy atom. The van der Waals surface area contributed by atoms with E-state index in [0.717, 1.165) is 44.3 Å². The molecule has 0 aromatic carbocycles. The molecule has 19 heavy (non-hydrogen) atoms. The zero-order chi connectivity index (χ0) is 14.7. The molecule has 0 spiro atoms. The highest BCUT2D eigenvalue weighted by atomic mass is 32.1. The van der Waals surface area contributed by atoms with Gasteiger partial charge in [-0.05, 0) is 56.1 Å². The fraction of sp³-hybridized carbons (Fsp3) is 0.867. The molecule has 0 aromatic rings. The number of hydrogen-bond donors (Lipinski definition) is 1. The topological polar surface area (TPSA) is 26.3 Å². The predicted molar refractivity (Wildman–Crippen MR) is 89.2 cm³/mol. The van der Waals surface area contributed by atoms with E-state index in [2.05, 4.69) is 19.6 Å². The van der Waals surface area contributed by atoms with Crippen LogP contribution in [0.5, 0.6) is 0 Å². The molecule has 0 heterocycles. The number of esters is 1. The third-order valence-corrected chi connectivity index (χ3v) is 3.78. The Morgan fingerprint density at radius 2 is 1.89 bits per heavy atom. The molecule has 0 aliphatic carbocycles. The van der Waals surface area contributed by atoms with Crippen LogP contribution in [-0.2, 0) is 9.53 Å². The molecular weight excluding hydrogens is 276 g/mol. The number of carbonyl (C=O) groups excluding carboxylic acids is 1. The van der Waals surface area contributed by atoms with Crippen molar-refractivity contribution < 1.29 is 9.53 Å². The van der Waals surface area contributed by atoms with Crippen LogP contribution in [0.2, 0.25) is 0 Å². The standard InChI is InChI=1S/C15H28O2S2/c1-4-7-14(19)13(10-11-18)8-5-6-9-15(16)17-12(2)3/h12-13,18H,4-11H2,1-3H3. The van der Waals surface area contributed by atoms with Gasteiger partial charge in [0.2, 0.25) is 0 Å². The Kier molecular flexibility index (Phi) is 11.7. The summed E-state index contributed by atoms with van der Waals surface area (Å²) < 4.78 is 5.11. The molecule has 0 saturated carbocycles. The van der Waals surface area contributed by atoms with Gasteiger partial charge in [0.05, 0.1) is 6.10 Å². The lowest BCUT2D eigenvalue weighted by molar-refractivity contribution is -0.147. The van der Waals surface area contributed by atoms with Gasteiger partial charge in [-0.3, -0.25) is 4.79 Å². The van der Waals surface area contributed by atoms with Gasteiger partial charge in [-0.1, -0.05) is 32.0 Å². The van der Waals surface area contributed by atoms with Crippen LogP contribution in [0.1, 0.15) is 65.7 Å². The molecule has 0 rings (SSSR count). The summed E-state index contributed by atoms with van der Waals surface area (Å²) >= 11 is 9.78. The van der Waals surface area contributed by atoms with Gasteiger partial charge in [-0.15, -0.1) is 0 Å². The van der Waals surface area contributed by atoms with Gasteiger partial charge in [0.1, 0.15) is 0 Å². The molecule has 0 amide bonds. The van der Waals surface area contributed by atoms with Crippen LogP contribution in [0, 0.1) is 5.92 Å². The number of unbranched alkanes of at least 4 members (excludes halogenated alkanes) is 1. The van der Waals surface area contributed by atoms with Gasteiger partial charge < -0.3 is 4.74 Å². The molecule has 1 atom stereocenters. The average molecular weight is 305 g/mol. The second kappa shape index (κ2) is 11.7. The molecule has 1 unspecified atom stereocenters. The summed E-state index contributed by atoms with van der Waals surface area (Å²) in [5.74, 6) is 1.29. The van der Waals surface area contributed by atoms with E-state index in [-0.39, 0.29) is 12.1 Å². The highest BCUT2D eigenvalue weighted by molar-refractivity contribution is 7.80. The summed E-state index contributed by atoms with van der Waals surface area (Å²) in [6.07, 6.45) is 6.71. The van der Waals surface area contributed by atoms with Crippen LogP contribution in [-0.4, -0.2) is 22.7 Å². The molecule has 0 bridgehead atoms. The third kappa shape index (κ3) is 10.4. The van der Waals surface area contributed by atoms with E-state index < -0.39 is 0 Å². The number of carbonyl (C=O) groups is 1. The average Bonchev–Trinajstić information content (AvgIpc) is 2.32. The molecule has 0 saturated heterocycles. The van der Waals surface area contributed by atoms with E-state index in [1.165, 1.54) is 4.86 Å². The number of ether oxygens (including phenoxy) is 1. The van der Waals surface area contributed by atoms with E-state index in [9.17, 15) is 4.79 Å². The zero-order valence-corrected chi connectivity index (χ0v) is 14.2. The minimum Gasteiger partial charge on any atom is -0.463 e. The summed E-state index contributed by atoms with van der Waals surface area (Å²) in [4.78, 5) is 12.6. The largest absolute Gasteiger partial charge is 0.463 e. The van der Waals surface area contributed by atoms with E-state index in [0.29, 0.717) is 12.3 Å². The van der Waals surface area contributed by atoms with Gasteiger partial charge >= 0.3 is 5.97 Å². The van der Waals surface area contributed by atoms with Crippen molar-refractivity contribution in [3.05, 3.63) is 0 Å². The van der Waals surface area contributed by atoms with Crippen molar-refractivity contribution in [1.29, 1.82) is 0 Å². The molecule has 0 aromatic heterocycles. The minimum atomic E-state index is -0.0862. The van der Waals surface area contributed by atoms with Gasteiger partial charge in [-0.2, -0.15) is 12.6 Å². The van der Waals surface area contributed by atoms with Crippen LogP contribution in [0.3, 0.4) is 0 Å². The molecule has 0 aliphatic rings.